The van der Waals surface area contributed by atoms with Crippen molar-refractivity contribution in [2.24, 2.45) is 5.73 Å². The van der Waals surface area contributed by atoms with Crippen LogP contribution in [0.2, 0.25) is 0 Å². The lowest BCUT2D eigenvalue weighted by atomic mass is 9.86. The standard InChI is InChI=1S/C16H32N4/c1-3-14(2)18-9-11-20(12-10-18)16(13-17)6-8-19-7-4-5-15(16)19/h14-15H,3-13,17H2,1-2H3. The predicted octanol–water partition coefficient (Wildman–Crippen LogP) is 0.968. The lowest BCUT2D eigenvalue weighted by Gasteiger charge is -2.49. The highest BCUT2D eigenvalue weighted by Gasteiger charge is 2.51. The van der Waals surface area contributed by atoms with Crippen molar-refractivity contribution in [1.29, 1.82) is 0 Å². The first kappa shape index (κ1) is 14.8. The van der Waals surface area contributed by atoms with E-state index < -0.39 is 0 Å². The first-order valence-corrected chi connectivity index (χ1v) is 8.64. The lowest BCUT2D eigenvalue weighted by Crippen LogP contribution is -2.64. The maximum atomic E-state index is 6.29. The summed E-state index contributed by atoms with van der Waals surface area (Å²) in [6.07, 6.45) is 5.29. The zero-order valence-corrected chi connectivity index (χ0v) is 13.4. The summed E-state index contributed by atoms with van der Waals surface area (Å²) in [7, 11) is 0. The van der Waals surface area contributed by atoms with Crippen LogP contribution in [0.5, 0.6) is 0 Å². The molecule has 3 heterocycles. The van der Waals surface area contributed by atoms with Crippen LogP contribution in [0.4, 0.5) is 0 Å². The molecule has 0 spiro atoms. The molecule has 0 saturated carbocycles. The Labute approximate surface area is 124 Å². The molecule has 3 saturated heterocycles. The van der Waals surface area contributed by atoms with Gasteiger partial charge in [-0.2, -0.15) is 0 Å². The second-order valence-electron chi connectivity index (χ2n) is 7.03. The Balaban J connectivity index is 1.66. The predicted molar refractivity (Wildman–Crippen MR) is 83.9 cm³/mol. The lowest BCUT2D eigenvalue weighted by molar-refractivity contribution is 0.00844. The van der Waals surface area contributed by atoms with Gasteiger partial charge >= 0.3 is 0 Å². The molecule has 3 rings (SSSR count). The minimum Gasteiger partial charge on any atom is -0.329 e. The zero-order valence-electron chi connectivity index (χ0n) is 13.4. The van der Waals surface area contributed by atoms with Crippen molar-refractivity contribution >= 4 is 0 Å². The van der Waals surface area contributed by atoms with Gasteiger partial charge in [-0.3, -0.25) is 14.7 Å². The van der Waals surface area contributed by atoms with Gasteiger partial charge in [0.2, 0.25) is 0 Å². The van der Waals surface area contributed by atoms with E-state index in [0.29, 0.717) is 0 Å². The smallest absolute Gasteiger partial charge is 0.0499 e. The van der Waals surface area contributed by atoms with E-state index in [1.165, 1.54) is 65.0 Å². The van der Waals surface area contributed by atoms with Gasteiger partial charge < -0.3 is 5.73 Å². The van der Waals surface area contributed by atoms with E-state index in [9.17, 15) is 0 Å². The Morgan fingerprint density at radius 1 is 1.15 bits per heavy atom. The van der Waals surface area contributed by atoms with Crippen molar-refractivity contribution in [2.45, 2.75) is 57.2 Å². The Bertz CT molecular complexity index is 326. The molecule has 20 heavy (non-hydrogen) atoms. The molecular formula is C16H32N4. The van der Waals surface area contributed by atoms with E-state index in [2.05, 4.69) is 28.5 Å². The van der Waals surface area contributed by atoms with Gasteiger partial charge in [0.05, 0.1) is 0 Å². The third-order valence-electron chi connectivity index (χ3n) is 6.33. The van der Waals surface area contributed by atoms with Crippen molar-refractivity contribution in [3.05, 3.63) is 0 Å². The fraction of sp³-hybridized carbons (Fsp3) is 1.00. The number of nitrogens with two attached hydrogens (primary N) is 1. The highest BCUT2D eigenvalue weighted by molar-refractivity contribution is 5.10. The second-order valence-corrected chi connectivity index (χ2v) is 7.03. The minimum atomic E-state index is 0.290. The van der Waals surface area contributed by atoms with Crippen LogP contribution in [0.15, 0.2) is 0 Å². The highest BCUT2D eigenvalue weighted by atomic mass is 15.4. The molecule has 116 valence electrons. The Kier molecular flexibility index (Phi) is 4.37. The number of hydrogen-bond acceptors (Lipinski definition) is 4. The molecular weight excluding hydrogens is 248 g/mol. The van der Waals surface area contributed by atoms with E-state index in [1.807, 2.05) is 0 Å². The van der Waals surface area contributed by atoms with E-state index >= 15 is 0 Å². The third-order valence-corrected chi connectivity index (χ3v) is 6.33. The molecule has 4 nitrogen and oxygen atoms in total. The van der Waals surface area contributed by atoms with Crippen LogP contribution in [-0.4, -0.2) is 78.1 Å². The number of fused-ring (bicyclic) bond motifs is 1. The summed E-state index contributed by atoms with van der Waals surface area (Å²) in [4.78, 5) is 8.11. The summed E-state index contributed by atoms with van der Waals surface area (Å²) in [5.41, 5.74) is 6.58. The van der Waals surface area contributed by atoms with Crippen LogP contribution in [0, 0.1) is 0 Å². The fourth-order valence-electron chi connectivity index (χ4n) is 4.81. The first-order valence-electron chi connectivity index (χ1n) is 8.64. The summed E-state index contributed by atoms with van der Waals surface area (Å²) >= 11 is 0. The van der Waals surface area contributed by atoms with Gasteiger partial charge in [0.15, 0.2) is 0 Å². The SMILES string of the molecule is CCC(C)N1CCN(C2(CN)CCN3CCCC32)CC1. The molecule has 0 aromatic heterocycles. The van der Waals surface area contributed by atoms with Gasteiger partial charge in [-0.1, -0.05) is 6.92 Å². The molecule has 2 N–H and O–H groups in total. The molecule has 3 unspecified atom stereocenters. The summed E-state index contributed by atoms with van der Waals surface area (Å²) in [6.45, 7) is 13.0. The van der Waals surface area contributed by atoms with Crippen LogP contribution >= 0.6 is 0 Å². The molecule has 3 aliphatic rings. The van der Waals surface area contributed by atoms with Crippen LogP contribution in [0.3, 0.4) is 0 Å². The summed E-state index contributed by atoms with van der Waals surface area (Å²) < 4.78 is 0. The molecule has 0 aromatic rings. The Morgan fingerprint density at radius 2 is 1.90 bits per heavy atom. The van der Waals surface area contributed by atoms with Crippen molar-refractivity contribution in [1.82, 2.24) is 14.7 Å². The normalized spacial score (nSPS) is 38.2. The molecule has 0 aliphatic carbocycles. The Morgan fingerprint density at radius 3 is 2.55 bits per heavy atom. The van der Waals surface area contributed by atoms with Crippen LogP contribution in [0.1, 0.15) is 39.5 Å². The maximum absolute atomic E-state index is 6.29. The molecule has 0 radical (unpaired) electrons. The largest absolute Gasteiger partial charge is 0.329 e. The van der Waals surface area contributed by atoms with Gasteiger partial charge in [0.25, 0.3) is 0 Å². The average molecular weight is 280 g/mol. The van der Waals surface area contributed by atoms with Crippen LogP contribution < -0.4 is 5.73 Å². The van der Waals surface area contributed by atoms with E-state index in [1.54, 1.807) is 0 Å². The van der Waals surface area contributed by atoms with Crippen molar-refractivity contribution in [2.75, 3.05) is 45.8 Å². The second kappa shape index (κ2) is 5.91. The first-order chi connectivity index (χ1) is 9.71. The fourth-order valence-corrected chi connectivity index (χ4v) is 4.81. The van der Waals surface area contributed by atoms with Gasteiger partial charge in [-0.15, -0.1) is 0 Å². The van der Waals surface area contributed by atoms with Crippen LogP contribution in [-0.2, 0) is 0 Å². The number of piperazine rings is 1. The molecule has 0 bridgehead atoms. The Hall–Kier alpha value is -0.160. The van der Waals surface area contributed by atoms with Gasteiger partial charge in [-0.25, -0.2) is 0 Å². The van der Waals surface area contributed by atoms with Crippen LogP contribution in [0.25, 0.3) is 0 Å². The summed E-state index contributed by atoms with van der Waals surface area (Å²) in [6, 6.07) is 1.47. The summed E-state index contributed by atoms with van der Waals surface area (Å²) in [5.74, 6) is 0. The van der Waals surface area contributed by atoms with Crippen molar-refractivity contribution in [3.63, 3.8) is 0 Å². The van der Waals surface area contributed by atoms with E-state index in [-0.39, 0.29) is 5.54 Å². The molecule has 3 fully saturated rings. The summed E-state index contributed by atoms with van der Waals surface area (Å²) in [5, 5.41) is 0. The van der Waals surface area contributed by atoms with E-state index in [4.69, 9.17) is 5.73 Å². The average Bonchev–Trinajstić information content (AvgIpc) is 3.09. The molecule has 4 heteroatoms. The minimum absolute atomic E-state index is 0.290. The quantitative estimate of drug-likeness (QED) is 0.832. The van der Waals surface area contributed by atoms with Gasteiger partial charge in [-0.05, 0) is 39.2 Å². The topological polar surface area (TPSA) is 35.7 Å². The van der Waals surface area contributed by atoms with E-state index in [0.717, 1.165) is 18.6 Å². The molecule has 0 amide bonds. The number of hydrogen-bond donors (Lipinski definition) is 1. The monoisotopic (exact) mass is 280 g/mol. The van der Waals surface area contributed by atoms with Crippen molar-refractivity contribution in [3.8, 4) is 0 Å². The van der Waals surface area contributed by atoms with Gasteiger partial charge in [0.1, 0.15) is 0 Å². The molecule has 3 atom stereocenters. The zero-order chi connectivity index (χ0) is 14.2. The third kappa shape index (κ3) is 2.31. The molecule has 3 aliphatic heterocycles. The van der Waals surface area contributed by atoms with Crippen molar-refractivity contribution < 1.29 is 0 Å². The van der Waals surface area contributed by atoms with Gasteiger partial charge in [0, 0.05) is 56.9 Å². The maximum Gasteiger partial charge on any atom is 0.0499 e. The highest BCUT2D eigenvalue weighted by Crippen LogP contribution is 2.40. The molecule has 0 aromatic carbocycles. The number of nitrogens with zero attached hydrogens (tertiary/aromatic N) is 3. The number of rotatable bonds is 4.